The van der Waals surface area contributed by atoms with Gasteiger partial charge in [0.2, 0.25) is 0 Å². The van der Waals surface area contributed by atoms with Gasteiger partial charge in [0, 0.05) is 19.3 Å². The molecule has 0 rings (SSSR count). The molecule has 0 aliphatic heterocycles. The zero-order chi connectivity index (χ0) is 58.5. The summed E-state index contributed by atoms with van der Waals surface area (Å²) in [6, 6.07) is 0. The lowest BCUT2D eigenvalue weighted by Gasteiger charge is -2.18. The van der Waals surface area contributed by atoms with Crippen LogP contribution in [0.15, 0.2) is 72.9 Å². The molecule has 0 aromatic rings. The maximum absolute atomic E-state index is 13.0. The first-order valence-corrected chi connectivity index (χ1v) is 35.4. The summed E-state index contributed by atoms with van der Waals surface area (Å²) < 4.78 is 17.0. The first kappa shape index (κ1) is 77.9. The van der Waals surface area contributed by atoms with E-state index >= 15 is 0 Å². The molecule has 0 saturated carbocycles. The zero-order valence-corrected chi connectivity index (χ0v) is 54.1. The Labute approximate surface area is 503 Å². The van der Waals surface area contributed by atoms with Crippen LogP contribution < -0.4 is 0 Å². The molecule has 0 fully saturated rings. The molecule has 0 aliphatic rings. The van der Waals surface area contributed by atoms with E-state index in [1.807, 2.05) is 0 Å². The van der Waals surface area contributed by atoms with E-state index in [1.54, 1.807) is 0 Å². The lowest BCUT2D eigenvalue weighted by atomic mass is 10.0. The Balaban J connectivity index is 4.35. The molecule has 6 heteroatoms. The fourth-order valence-corrected chi connectivity index (χ4v) is 10.4. The van der Waals surface area contributed by atoms with Crippen molar-refractivity contribution in [1.82, 2.24) is 0 Å². The molecule has 0 aromatic carbocycles. The third-order valence-electron chi connectivity index (χ3n) is 15.7. The number of rotatable bonds is 65. The number of carbonyl (C=O) groups excluding carboxylic acids is 3. The summed E-state index contributed by atoms with van der Waals surface area (Å²) >= 11 is 0. The highest BCUT2D eigenvalue weighted by molar-refractivity contribution is 5.71. The minimum atomic E-state index is -0.783. The molecule has 0 radical (unpaired) electrons. The molecule has 470 valence electrons. The Morgan fingerprint density at radius 1 is 0.259 bits per heavy atom. The molecule has 0 spiro atoms. The third kappa shape index (κ3) is 67.5. The van der Waals surface area contributed by atoms with Crippen LogP contribution in [0, 0.1) is 0 Å². The van der Waals surface area contributed by atoms with Gasteiger partial charge in [-0.2, -0.15) is 0 Å². The van der Waals surface area contributed by atoms with Crippen molar-refractivity contribution in [1.29, 1.82) is 0 Å². The van der Waals surface area contributed by atoms with Crippen molar-refractivity contribution in [3.8, 4) is 0 Å². The number of allylic oxidation sites excluding steroid dienone is 12. The summed E-state index contributed by atoms with van der Waals surface area (Å²) in [6.07, 6.45) is 90.6. The molecule has 0 N–H and O–H groups in total. The molecule has 0 aliphatic carbocycles. The average Bonchev–Trinajstić information content (AvgIpc) is 3.47. The lowest BCUT2D eigenvalue weighted by molar-refractivity contribution is -0.167. The topological polar surface area (TPSA) is 78.9 Å². The van der Waals surface area contributed by atoms with Crippen LogP contribution in [0.4, 0.5) is 0 Å². The van der Waals surface area contributed by atoms with E-state index in [1.165, 1.54) is 231 Å². The minimum absolute atomic E-state index is 0.0763. The Bertz CT molecular complexity index is 1490. The highest BCUT2D eigenvalue weighted by atomic mass is 16.6. The van der Waals surface area contributed by atoms with Crippen LogP contribution in [-0.4, -0.2) is 37.2 Å². The summed E-state index contributed by atoms with van der Waals surface area (Å²) in [6.45, 7) is 6.56. The number of esters is 3. The number of hydrogen-bond donors (Lipinski definition) is 0. The first-order valence-electron chi connectivity index (χ1n) is 35.4. The smallest absolute Gasteiger partial charge is 0.306 e. The summed E-state index contributed by atoms with van der Waals surface area (Å²) in [5.74, 6) is -0.866. The van der Waals surface area contributed by atoms with E-state index in [0.29, 0.717) is 19.3 Å². The Hall–Kier alpha value is -3.15. The van der Waals surface area contributed by atoms with E-state index in [2.05, 4.69) is 93.7 Å². The van der Waals surface area contributed by atoms with Crippen molar-refractivity contribution in [2.45, 2.75) is 374 Å². The van der Waals surface area contributed by atoms with Crippen molar-refractivity contribution < 1.29 is 28.6 Å². The van der Waals surface area contributed by atoms with Gasteiger partial charge in [-0.15, -0.1) is 0 Å². The van der Waals surface area contributed by atoms with Gasteiger partial charge in [0.25, 0.3) is 0 Å². The van der Waals surface area contributed by atoms with Crippen LogP contribution in [0.5, 0.6) is 0 Å². The van der Waals surface area contributed by atoms with E-state index in [9.17, 15) is 14.4 Å². The van der Waals surface area contributed by atoms with Gasteiger partial charge in [0.15, 0.2) is 6.10 Å². The second kappa shape index (κ2) is 69.3. The summed E-state index contributed by atoms with van der Waals surface area (Å²) in [4.78, 5) is 38.5. The van der Waals surface area contributed by atoms with E-state index in [4.69, 9.17) is 14.2 Å². The van der Waals surface area contributed by atoms with Crippen LogP contribution in [0.3, 0.4) is 0 Å². The van der Waals surface area contributed by atoms with Gasteiger partial charge >= 0.3 is 17.9 Å². The fraction of sp³-hybridized carbons (Fsp3) is 0.800. The second-order valence-corrected chi connectivity index (χ2v) is 23.8. The van der Waals surface area contributed by atoms with Crippen LogP contribution in [0.2, 0.25) is 0 Å². The Morgan fingerprint density at radius 2 is 0.481 bits per heavy atom. The molecule has 1 unspecified atom stereocenters. The van der Waals surface area contributed by atoms with Crippen molar-refractivity contribution in [2.75, 3.05) is 13.2 Å². The van der Waals surface area contributed by atoms with E-state index in [-0.39, 0.29) is 31.1 Å². The quantitative estimate of drug-likeness (QED) is 0.0261. The molecule has 0 aromatic heterocycles. The molecule has 1 atom stereocenters. The summed E-state index contributed by atoms with van der Waals surface area (Å²) in [5, 5.41) is 0. The van der Waals surface area contributed by atoms with Crippen LogP contribution in [0.1, 0.15) is 367 Å². The summed E-state index contributed by atoms with van der Waals surface area (Å²) in [7, 11) is 0. The van der Waals surface area contributed by atoms with Gasteiger partial charge in [-0.25, -0.2) is 0 Å². The Morgan fingerprint density at radius 3 is 0.778 bits per heavy atom. The van der Waals surface area contributed by atoms with Crippen molar-refractivity contribution >= 4 is 17.9 Å². The van der Waals surface area contributed by atoms with Gasteiger partial charge in [-0.3, -0.25) is 14.4 Å². The number of carbonyl (C=O) groups is 3. The molecule has 6 nitrogen and oxygen atoms in total. The SMILES string of the molecule is CC/C=C\C/C=C\C/C=C\C/C=C\CCCCCCCCCCC(=O)OC(COC(=O)CCCCCCCCCCC/C=C\C/C=C\CCCCC)COC(=O)CCCCCCCCCCCCCCCCCCCCCCCCC. The van der Waals surface area contributed by atoms with Gasteiger partial charge in [-0.1, -0.05) is 331 Å². The fourth-order valence-electron chi connectivity index (χ4n) is 10.4. The van der Waals surface area contributed by atoms with Gasteiger partial charge in [0.05, 0.1) is 0 Å². The van der Waals surface area contributed by atoms with E-state index in [0.717, 1.165) is 96.3 Å². The van der Waals surface area contributed by atoms with Crippen LogP contribution >= 0.6 is 0 Å². The van der Waals surface area contributed by atoms with E-state index < -0.39 is 6.10 Å². The number of unbranched alkanes of at least 4 members (excludes halogenated alkanes) is 42. The van der Waals surface area contributed by atoms with Crippen molar-refractivity contribution in [3.63, 3.8) is 0 Å². The second-order valence-electron chi connectivity index (χ2n) is 23.8. The molecular weight excluding hydrogens is 997 g/mol. The first-order chi connectivity index (χ1) is 40.0. The van der Waals surface area contributed by atoms with Crippen LogP contribution in [-0.2, 0) is 28.6 Å². The maximum Gasteiger partial charge on any atom is 0.306 e. The maximum atomic E-state index is 13.0. The summed E-state index contributed by atoms with van der Waals surface area (Å²) in [5.41, 5.74) is 0. The minimum Gasteiger partial charge on any atom is -0.462 e. The Kier molecular flexibility index (Phi) is 66.6. The molecule has 0 bridgehead atoms. The standard InChI is InChI=1S/C75H134O6/c1-4-7-10-13-16-19-22-25-28-31-34-36-37-39-41-44-47-50-53-56-59-62-65-68-74(77)80-71-72(70-79-73(76)67-64-61-58-55-52-49-46-43-40-33-30-27-24-21-18-15-12-9-6-3)81-75(78)69-66-63-60-57-54-51-48-45-42-38-35-32-29-26-23-20-17-14-11-8-5-2/h8,11,17-18,20-21,26-27,29-30,35,38,72H,4-7,9-10,12-16,19,22-25,28,31-34,36-37,39-71H2,1-3H3/b11-8-,20-17-,21-18-,29-26-,30-27-,38-35-. The van der Waals surface area contributed by atoms with Crippen LogP contribution in [0.25, 0.3) is 0 Å². The molecule has 0 amide bonds. The number of hydrogen-bond acceptors (Lipinski definition) is 6. The normalized spacial score (nSPS) is 12.5. The predicted octanol–water partition coefficient (Wildman–Crippen LogP) is 24.4. The average molecular weight is 1130 g/mol. The predicted molar refractivity (Wildman–Crippen MR) is 353 cm³/mol. The van der Waals surface area contributed by atoms with Gasteiger partial charge in [-0.05, 0) is 89.9 Å². The number of ether oxygens (including phenoxy) is 3. The molecular formula is C75H134O6. The third-order valence-corrected chi connectivity index (χ3v) is 15.7. The van der Waals surface area contributed by atoms with Crippen molar-refractivity contribution in [2.24, 2.45) is 0 Å². The molecule has 81 heavy (non-hydrogen) atoms. The lowest BCUT2D eigenvalue weighted by Crippen LogP contribution is -2.30. The highest BCUT2D eigenvalue weighted by Crippen LogP contribution is 2.18. The van der Waals surface area contributed by atoms with Gasteiger partial charge in [0.1, 0.15) is 13.2 Å². The highest BCUT2D eigenvalue weighted by Gasteiger charge is 2.19. The largest absolute Gasteiger partial charge is 0.462 e. The molecule has 0 saturated heterocycles. The molecule has 0 heterocycles. The van der Waals surface area contributed by atoms with Gasteiger partial charge < -0.3 is 14.2 Å². The monoisotopic (exact) mass is 1130 g/mol. The van der Waals surface area contributed by atoms with Crippen molar-refractivity contribution in [3.05, 3.63) is 72.9 Å². The zero-order valence-electron chi connectivity index (χ0n) is 54.1.